The molecule has 0 bridgehead atoms. The maximum Gasteiger partial charge on any atom is 0.280 e. The van der Waals surface area contributed by atoms with Crippen molar-refractivity contribution in [3.8, 4) is 0 Å². The minimum absolute atomic E-state index is 0.163. The number of rotatable bonds is 3. The van der Waals surface area contributed by atoms with Crippen molar-refractivity contribution >= 4 is 46.5 Å². The first-order valence-corrected chi connectivity index (χ1v) is 6.16. The predicted octanol–water partition coefficient (Wildman–Crippen LogP) is 0.824. The molecule has 1 amide bonds. The maximum atomic E-state index is 11.7. The molecule has 0 aliphatic rings. The molecule has 19 heavy (non-hydrogen) atoms. The summed E-state index contributed by atoms with van der Waals surface area (Å²) in [4.78, 5) is 16.8. The lowest BCUT2D eigenvalue weighted by Crippen LogP contribution is -2.35. The van der Waals surface area contributed by atoms with Crippen LogP contribution >= 0.6 is 23.8 Å². The van der Waals surface area contributed by atoms with Crippen LogP contribution in [0.5, 0.6) is 0 Å². The summed E-state index contributed by atoms with van der Waals surface area (Å²) in [6.45, 7) is 2.38. The minimum atomic E-state index is -0.558. The normalized spacial score (nSPS) is 9.79. The molecule has 0 aliphatic heterocycles. The number of nitrogens with zero attached hydrogens (tertiary/aromatic N) is 2. The average molecular weight is 300 g/mol. The highest BCUT2D eigenvalue weighted by molar-refractivity contribution is 7.80. The van der Waals surface area contributed by atoms with Crippen LogP contribution in [0.25, 0.3) is 0 Å². The molecule has 1 aromatic rings. The van der Waals surface area contributed by atoms with Gasteiger partial charge in [0.25, 0.3) is 5.91 Å². The Morgan fingerprint density at radius 1 is 1.42 bits per heavy atom. The molecule has 0 aromatic heterocycles. The summed E-state index contributed by atoms with van der Waals surface area (Å²) in [6.07, 6.45) is 0. The van der Waals surface area contributed by atoms with Gasteiger partial charge in [-0.25, -0.2) is 0 Å². The van der Waals surface area contributed by atoms with Gasteiger partial charge in [-0.3, -0.25) is 4.79 Å². The molecule has 0 unspecified atom stereocenters. The highest BCUT2D eigenvalue weighted by atomic mass is 35.5. The molecule has 0 spiro atoms. The fraction of sp³-hybridized carbons (Fsp3) is 0.182. The second-order valence-electron chi connectivity index (χ2n) is 3.59. The number of amides is 1. The smallest absolute Gasteiger partial charge is 0.280 e. The van der Waals surface area contributed by atoms with Gasteiger partial charge in [0.05, 0.1) is 10.7 Å². The molecule has 0 saturated carbocycles. The van der Waals surface area contributed by atoms with Gasteiger partial charge in [-0.2, -0.15) is 4.99 Å². The van der Waals surface area contributed by atoms with Crippen LogP contribution in [-0.4, -0.2) is 23.5 Å². The van der Waals surface area contributed by atoms with E-state index in [1.165, 1.54) is 6.07 Å². The summed E-state index contributed by atoms with van der Waals surface area (Å²) < 4.78 is 0. The lowest BCUT2D eigenvalue weighted by Gasteiger charge is -2.22. The van der Waals surface area contributed by atoms with Gasteiger partial charge in [-0.15, -0.1) is 0 Å². The molecule has 0 aliphatic carbocycles. The van der Waals surface area contributed by atoms with E-state index in [0.717, 1.165) is 0 Å². The van der Waals surface area contributed by atoms with Crippen LogP contribution in [0.3, 0.4) is 0 Å². The third-order valence-corrected chi connectivity index (χ3v) is 2.84. The fourth-order valence-corrected chi connectivity index (χ4v) is 1.93. The van der Waals surface area contributed by atoms with Gasteiger partial charge >= 0.3 is 0 Å². The van der Waals surface area contributed by atoms with Crippen LogP contribution in [-0.2, 0) is 0 Å². The van der Waals surface area contributed by atoms with E-state index in [9.17, 15) is 4.79 Å². The number of nitrogens with two attached hydrogens (primary N) is 3. The predicted molar refractivity (Wildman–Crippen MR) is 81.4 cm³/mol. The Balaban J connectivity index is 3.24. The van der Waals surface area contributed by atoms with Crippen LogP contribution in [0.2, 0.25) is 5.02 Å². The number of carbonyl (C=O) groups is 1. The van der Waals surface area contributed by atoms with Crippen molar-refractivity contribution < 1.29 is 4.79 Å². The molecule has 0 radical (unpaired) electrons. The molecule has 102 valence electrons. The van der Waals surface area contributed by atoms with Gasteiger partial charge in [0.15, 0.2) is 11.1 Å². The molecular weight excluding hydrogens is 286 g/mol. The molecular formula is C11H14ClN5OS. The third kappa shape index (κ3) is 3.80. The molecule has 0 saturated heterocycles. The van der Waals surface area contributed by atoms with E-state index in [0.29, 0.717) is 22.8 Å². The monoisotopic (exact) mass is 299 g/mol. The average Bonchev–Trinajstić information content (AvgIpc) is 2.30. The van der Waals surface area contributed by atoms with Crippen molar-refractivity contribution in [2.24, 2.45) is 22.2 Å². The van der Waals surface area contributed by atoms with Gasteiger partial charge in [0.2, 0.25) is 0 Å². The Hall–Kier alpha value is -1.86. The number of halogens is 1. The van der Waals surface area contributed by atoms with E-state index in [4.69, 9.17) is 41.0 Å². The first-order valence-electron chi connectivity index (χ1n) is 5.37. The molecule has 0 fully saturated rings. The van der Waals surface area contributed by atoms with E-state index in [-0.39, 0.29) is 11.1 Å². The van der Waals surface area contributed by atoms with Gasteiger partial charge < -0.3 is 22.1 Å². The van der Waals surface area contributed by atoms with Gasteiger partial charge in [-0.1, -0.05) is 11.6 Å². The topological polar surface area (TPSA) is 111 Å². The Bertz CT molecular complexity index is 542. The number of guanidine groups is 1. The number of hydrogen-bond acceptors (Lipinski definition) is 2. The standard InChI is InChI=1S/C11H14ClN5OS/c1-2-17(11(15)19)8-5-6(3-4-7(8)12)9(18)16-10(13)14/h3-5H,2H2,1H3,(H2,15,19)(H4,13,14,16,18). The summed E-state index contributed by atoms with van der Waals surface area (Å²) in [7, 11) is 0. The number of benzene rings is 1. The van der Waals surface area contributed by atoms with Crippen molar-refractivity contribution in [1.29, 1.82) is 0 Å². The Morgan fingerprint density at radius 3 is 2.53 bits per heavy atom. The molecule has 6 nitrogen and oxygen atoms in total. The SMILES string of the molecule is CCN(C(N)=S)c1cc(C(=O)N=C(N)N)ccc1Cl. The second-order valence-corrected chi connectivity index (χ2v) is 4.42. The van der Waals surface area contributed by atoms with Crippen LogP contribution in [0.15, 0.2) is 23.2 Å². The second kappa shape index (κ2) is 6.35. The summed E-state index contributed by atoms with van der Waals surface area (Å²) >= 11 is 11.0. The van der Waals surface area contributed by atoms with Crippen LogP contribution in [0, 0.1) is 0 Å². The van der Waals surface area contributed by atoms with Crippen molar-refractivity contribution in [2.75, 3.05) is 11.4 Å². The molecule has 1 aromatic carbocycles. The van der Waals surface area contributed by atoms with Crippen molar-refractivity contribution in [2.45, 2.75) is 6.92 Å². The lowest BCUT2D eigenvalue weighted by molar-refractivity contribution is 0.100. The minimum Gasteiger partial charge on any atom is -0.376 e. The Morgan fingerprint density at radius 2 is 2.05 bits per heavy atom. The summed E-state index contributed by atoms with van der Waals surface area (Å²) in [5, 5.41) is 0.590. The zero-order valence-electron chi connectivity index (χ0n) is 10.3. The van der Waals surface area contributed by atoms with Crippen molar-refractivity contribution in [1.82, 2.24) is 0 Å². The van der Waals surface area contributed by atoms with E-state index in [2.05, 4.69) is 4.99 Å². The van der Waals surface area contributed by atoms with Crippen LogP contribution in [0.4, 0.5) is 5.69 Å². The quantitative estimate of drug-likeness (QED) is 0.433. The van der Waals surface area contributed by atoms with Crippen LogP contribution < -0.4 is 22.1 Å². The van der Waals surface area contributed by atoms with Gasteiger partial charge in [0, 0.05) is 12.1 Å². The van der Waals surface area contributed by atoms with Gasteiger partial charge in [-0.05, 0) is 37.3 Å². The van der Waals surface area contributed by atoms with E-state index < -0.39 is 5.91 Å². The first kappa shape index (κ1) is 15.2. The highest BCUT2D eigenvalue weighted by Crippen LogP contribution is 2.27. The van der Waals surface area contributed by atoms with Gasteiger partial charge in [0.1, 0.15) is 0 Å². The Labute approximate surface area is 121 Å². The zero-order valence-corrected chi connectivity index (χ0v) is 11.8. The van der Waals surface area contributed by atoms with Crippen molar-refractivity contribution in [3.05, 3.63) is 28.8 Å². The summed E-state index contributed by atoms with van der Waals surface area (Å²) in [5.41, 5.74) is 16.8. The fourth-order valence-electron chi connectivity index (χ4n) is 1.48. The molecule has 6 N–H and O–H groups in total. The molecule has 1 rings (SSSR count). The molecule has 8 heteroatoms. The number of carbonyl (C=O) groups excluding carboxylic acids is 1. The van der Waals surface area contributed by atoms with E-state index in [1.54, 1.807) is 17.0 Å². The highest BCUT2D eigenvalue weighted by Gasteiger charge is 2.14. The van der Waals surface area contributed by atoms with E-state index >= 15 is 0 Å². The third-order valence-electron chi connectivity index (χ3n) is 2.30. The summed E-state index contributed by atoms with van der Waals surface area (Å²) in [6, 6.07) is 4.63. The number of thiocarbonyl (C=S) groups is 1. The molecule has 0 atom stereocenters. The zero-order chi connectivity index (χ0) is 14.6. The number of aliphatic imine (C=N–C) groups is 1. The number of hydrogen-bond donors (Lipinski definition) is 3. The van der Waals surface area contributed by atoms with Crippen LogP contribution in [0.1, 0.15) is 17.3 Å². The molecule has 0 heterocycles. The Kier molecular flexibility index (Phi) is 5.08. The first-order chi connectivity index (χ1) is 8.86. The van der Waals surface area contributed by atoms with E-state index in [1.807, 2.05) is 6.92 Å². The largest absolute Gasteiger partial charge is 0.376 e. The number of anilines is 1. The maximum absolute atomic E-state index is 11.7. The summed E-state index contributed by atoms with van der Waals surface area (Å²) in [5.74, 6) is -0.861. The van der Waals surface area contributed by atoms with Crippen molar-refractivity contribution in [3.63, 3.8) is 0 Å². The lowest BCUT2D eigenvalue weighted by atomic mass is 10.1.